The van der Waals surface area contributed by atoms with Crippen LogP contribution in [0.3, 0.4) is 0 Å². The van der Waals surface area contributed by atoms with Gasteiger partial charge in [0.1, 0.15) is 0 Å². The first-order valence-electron chi connectivity index (χ1n) is 6.18. The van der Waals surface area contributed by atoms with Gasteiger partial charge in [-0.15, -0.1) is 12.3 Å². The van der Waals surface area contributed by atoms with Crippen LogP contribution >= 0.6 is 0 Å². The van der Waals surface area contributed by atoms with Crippen molar-refractivity contribution in [1.82, 2.24) is 5.32 Å². The molecule has 1 atom stereocenters. The van der Waals surface area contributed by atoms with Gasteiger partial charge in [0.15, 0.2) is 6.29 Å². The van der Waals surface area contributed by atoms with Crippen molar-refractivity contribution in [3.8, 4) is 12.3 Å². The van der Waals surface area contributed by atoms with Crippen LogP contribution in [0.2, 0.25) is 0 Å². The number of hydrogen-bond acceptors (Lipinski definition) is 3. The van der Waals surface area contributed by atoms with Crippen LogP contribution in [0.4, 0.5) is 0 Å². The topological polar surface area (TPSA) is 30.5 Å². The fourth-order valence-electron chi connectivity index (χ4n) is 1.49. The van der Waals surface area contributed by atoms with E-state index in [1.54, 1.807) is 0 Å². The fraction of sp³-hybridized carbons (Fsp3) is 0.846. The molecule has 0 saturated carbocycles. The zero-order valence-electron chi connectivity index (χ0n) is 10.8. The minimum absolute atomic E-state index is 0.0918. The summed E-state index contributed by atoms with van der Waals surface area (Å²) in [6.07, 6.45) is 7.90. The molecular weight excluding hydrogens is 202 g/mol. The highest BCUT2D eigenvalue weighted by Crippen LogP contribution is 2.02. The summed E-state index contributed by atoms with van der Waals surface area (Å²) < 4.78 is 10.9. The van der Waals surface area contributed by atoms with E-state index in [1.165, 1.54) is 0 Å². The lowest BCUT2D eigenvalue weighted by atomic mass is 10.1. The van der Waals surface area contributed by atoms with Crippen molar-refractivity contribution in [2.45, 2.75) is 52.4 Å². The van der Waals surface area contributed by atoms with E-state index in [-0.39, 0.29) is 6.29 Å². The molecule has 0 aliphatic heterocycles. The molecule has 0 heterocycles. The summed E-state index contributed by atoms with van der Waals surface area (Å²) in [5.41, 5.74) is 0. The van der Waals surface area contributed by atoms with E-state index in [9.17, 15) is 0 Å². The van der Waals surface area contributed by atoms with Crippen LogP contribution in [0, 0.1) is 12.3 Å². The average Bonchev–Trinajstić information content (AvgIpc) is 2.28. The molecule has 0 aliphatic carbocycles. The quantitative estimate of drug-likeness (QED) is 0.458. The van der Waals surface area contributed by atoms with Gasteiger partial charge in [-0.25, -0.2) is 0 Å². The molecule has 16 heavy (non-hydrogen) atoms. The molecule has 0 fully saturated rings. The van der Waals surface area contributed by atoms with Crippen molar-refractivity contribution in [1.29, 1.82) is 0 Å². The summed E-state index contributed by atoms with van der Waals surface area (Å²) >= 11 is 0. The first-order valence-corrected chi connectivity index (χ1v) is 6.18. The predicted octanol–water partition coefficient (Wildman–Crippen LogP) is 2.17. The summed E-state index contributed by atoms with van der Waals surface area (Å²) in [7, 11) is 0. The Morgan fingerprint density at radius 1 is 1.19 bits per heavy atom. The number of terminal acetylenes is 1. The highest BCUT2D eigenvalue weighted by Gasteiger charge is 2.09. The summed E-state index contributed by atoms with van der Waals surface area (Å²) in [4.78, 5) is 0. The Hall–Kier alpha value is -0.560. The molecule has 0 aromatic carbocycles. The molecule has 94 valence electrons. The molecule has 3 heteroatoms. The molecule has 0 radical (unpaired) electrons. The van der Waals surface area contributed by atoms with Crippen molar-refractivity contribution in [3.05, 3.63) is 0 Å². The van der Waals surface area contributed by atoms with Crippen LogP contribution in [0.5, 0.6) is 0 Å². The number of rotatable bonds is 10. The second-order valence-corrected chi connectivity index (χ2v) is 3.60. The predicted molar refractivity (Wildman–Crippen MR) is 67.2 cm³/mol. The molecule has 0 spiro atoms. The van der Waals surface area contributed by atoms with E-state index in [2.05, 4.69) is 18.2 Å². The van der Waals surface area contributed by atoms with E-state index in [0.29, 0.717) is 19.3 Å². The smallest absolute Gasteiger partial charge is 0.158 e. The third-order valence-electron chi connectivity index (χ3n) is 2.38. The fourth-order valence-corrected chi connectivity index (χ4v) is 1.49. The Morgan fingerprint density at radius 3 is 2.25 bits per heavy atom. The average molecular weight is 227 g/mol. The minimum Gasteiger partial charge on any atom is -0.353 e. The van der Waals surface area contributed by atoms with Gasteiger partial charge in [-0.1, -0.05) is 6.92 Å². The summed E-state index contributed by atoms with van der Waals surface area (Å²) in [6.45, 7) is 8.35. The maximum Gasteiger partial charge on any atom is 0.158 e. The summed E-state index contributed by atoms with van der Waals surface area (Å²) in [6, 6.07) is 0.411. The monoisotopic (exact) mass is 227 g/mol. The van der Waals surface area contributed by atoms with E-state index < -0.39 is 0 Å². The second kappa shape index (κ2) is 10.9. The van der Waals surface area contributed by atoms with Gasteiger partial charge in [-0.3, -0.25) is 0 Å². The minimum atomic E-state index is -0.0918. The van der Waals surface area contributed by atoms with Gasteiger partial charge in [0, 0.05) is 38.6 Å². The molecule has 0 bridgehead atoms. The molecule has 1 N–H and O–H groups in total. The van der Waals surface area contributed by atoms with Crippen molar-refractivity contribution < 1.29 is 9.47 Å². The standard InChI is InChI=1S/C13H25NO2/c1-5-9-12(6-2)14-11-10-13(15-7-3)16-8-4/h1,12-14H,6-11H2,2-4H3. The lowest BCUT2D eigenvalue weighted by Crippen LogP contribution is -2.32. The molecule has 0 amide bonds. The van der Waals surface area contributed by atoms with Gasteiger partial charge in [0.25, 0.3) is 0 Å². The van der Waals surface area contributed by atoms with Gasteiger partial charge >= 0.3 is 0 Å². The van der Waals surface area contributed by atoms with Crippen LogP contribution in [0.25, 0.3) is 0 Å². The van der Waals surface area contributed by atoms with Crippen LogP contribution in [-0.2, 0) is 9.47 Å². The molecule has 0 aromatic rings. The zero-order chi connectivity index (χ0) is 12.2. The molecule has 3 nitrogen and oxygen atoms in total. The molecule has 0 rings (SSSR count). The molecule has 1 unspecified atom stereocenters. The van der Waals surface area contributed by atoms with Crippen molar-refractivity contribution in [2.24, 2.45) is 0 Å². The number of ether oxygens (including phenoxy) is 2. The van der Waals surface area contributed by atoms with E-state index in [0.717, 1.165) is 25.8 Å². The maximum atomic E-state index is 5.46. The van der Waals surface area contributed by atoms with Gasteiger partial charge in [0.05, 0.1) is 0 Å². The van der Waals surface area contributed by atoms with Crippen LogP contribution in [-0.4, -0.2) is 32.1 Å². The number of hydrogen-bond donors (Lipinski definition) is 1. The first-order chi connectivity index (χ1) is 7.78. The summed E-state index contributed by atoms with van der Waals surface area (Å²) in [5.74, 6) is 2.68. The van der Waals surface area contributed by atoms with E-state index in [4.69, 9.17) is 15.9 Å². The lowest BCUT2D eigenvalue weighted by molar-refractivity contribution is -0.138. The largest absolute Gasteiger partial charge is 0.353 e. The van der Waals surface area contributed by atoms with Gasteiger partial charge in [0.2, 0.25) is 0 Å². The van der Waals surface area contributed by atoms with Gasteiger partial charge in [-0.05, 0) is 20.3 Å². The van der Waals surface area contributed by atoms with E-state index >= 15 is 0 Å². The third kappa shape index (κ3) is 7.70. The third-order valence-corrected chi connectivity index (χ3v) is 2.38. The Bertz CT molecular complexity index is 183. The second-order valence-electron chi connectivity index (χ2n) is 3.60. The van der Waals surface area contributed by atoms with Gasteiger partial charge in [-0.2, -0.15) is 0 Å². The van der Waals surface area contributed by atoms with Crippen LogP contribution < -0.4 is 5.32 Å². The highest BCUT2D eigenvalue weighted by molar-refractivity contribution is 4.89. The lowest BCUT2D eigenvalue weighted by Gasteiger charge is -2.19. The van der Waals surface area contributed by atoms with Crippen LogP contribution in [0.1, 0.15) is 40.0 Å². The first kappa shape index (κ1) is 15.4. The van der Waals surface area contributed by atoms with Crippen molar-refractivity contribution in [3.63, 3.8) is 0 Å². The summed E-state index contributed by atoms with van der Waals surface area (Å²) in [5, 5.41) is 3.42. The Labute approximate surface area is 99.9 Å². The maximum absolute atomic E-state index is 5.46. The molecular formula is C13H25NO2. The van der Waals surface area contributed by atoms with E-state index in [1.807, 2.05) is 13.8 Å². The molecule has 0 aromatic heterocycles. The Kier molecular flexibility index (Phi) is 10.6. The highest BCUT2D eigenvalue weighted by atomic mass is 16.7. The Balaban J connectivity index is 3.70. The van der Waals surface area contributed by atoms with Gasteiger partial charge < -0.3 is 14.8 Å². The van der Waals surface area contributed by atoms with Crippen LogP contribution in [0.15, 0.2) is 0 Å². The normalized spacial score (nSPS) is 12.7. The van der Waals surface area contributed by atoms with Crippen molar-refractivity contribution in [2.75, 3.05) is 19.8 Å². The molecule has 0 saturated heterocycles. The molecule has 0 aliphatic rings. The SMILES string of the molecule is C#CCC(CC)NCCC(OCC)OCC. The Morgan fingerprint density at radius 2 is 1.81 bits per heavy atom. The van der Waals surface area contributed by atoms with Crippen molar-refractivity contribution >= 4 is 0 Å². The number of nitrogens with one attached hydrogen (secondary N) is 1. The zero-order valence-corrected chi connectivity index (χ0v) is 10.8.